The van der Waals surface area contributed by atoms with E-state index in [0.29, 0.717) is 0 Å². The van der Waals surface area contributed by atoms with E-state index in [4.69, 9.17) is 10.2 Å². The normalized spacial score (nSPS) is 15.1. The molecule has 0 aliphatic carbocycles. The fraction of sp³-hybridized carbons (Fsp3) is 0.800. The number of aliphatic hydroxyl groups excluding tert-OH is 1. The van der Waals surface area contributed by atoms with E-state index in [1.807, 2.05) is 27.7 Å². The van der Waals surface area contributed by atoms with Crippen LogP contribution < -0.4 is 10.6 Å². The van der Waals surface area contributed by atoms with E-state index in [-0.39, 0.29) is 18.0 Å². The Bertz CT molecular complexity index is 260. The van der Waals surface area contributed by atoms with Gasteiger partial charge in [0.05, 0.1) is 6.54 Å². The number of urea groups is 1. The zero-order valence-electron chi connectivity index (χ0n) is 10.1. The van der Waals surface area contributed by atoms with Crippen LogP contribution in [0.5, 0.6) is 0 Å². The number of hydrogen-bond acceptors (Lipinski definition) is 3. The average molecular weight is 232 g/mol. The molecule has 0 bridgehead atoms. The summed E-state index contributed by atoms with van der Waals surface area (Å²) in [4.78, 5) is 21.6. The molecule has 94 valence electrons. The summed E-state index contributed by atoms with van der Waals surface area (Å²) in [5, 5.41) is 22.3. The lowest BCUT2D eigenvalue weighted by Crippen LogP contribution is -2.48. The molecule has 4 N–H and O–H groups in total. The van der Waals surface area contributed by atoms with E-state index in [9.17, 15) is 9.59 Å². The molecular formula is C10H20N2O4. The van der Waals surface area contributed by atoms with Gasteiger partial charge in [0.1, 0.15) is 0 Å². The molecular weight excluding hydrogens is 212 g/mol. The van der Waals surface area contributed by atoms with Crippen molar-refractivity contribution in [2.24, 2.45) is 5.41 Å². The first kappa shape index (κ1) is 14.7. The van der Waals surface area contributed by atoms with Gasteiger partial charge in [-0.25, -0.2) is 9.59 Å². The van der Waals surface area contributed by atoms with Gasteiger partial charge in [0.25, 0.3) is 0 Å². The Hall–Kier alpha value is -1.30. The number of aliphatic carboxylic acids is 1. The van der Waals surface area contributed by atoms with Gasteiger partial charge in [0.15, 0.2) is 6.10 Å². The number of aliphatic hydroxyl groups is 1. The number of carboxylic acids is 1. The van der Waals surface area contributed by atoms with Gasteiger partial charge in [0, 0.05) is 6.04 Å². The number of rotatable bonds is 4. The number of carboxylic acid groups (broad SMARTS) is 1. The minimum atomic E-state index is -1.57. The molecule has 6 nitrogen and oxygen atoms in total. The maximum absolute atomic E-state index is 11.3. The molecule has 0 spiro atoms. The number of amides is 2. The van der Waals surface area contributed by atoms with Gasteiger partial charge in [-0.15, -0.1) is 0 Å². The molecule has 0 aromatic carbocycles. The Balaban J connectivity index is 3.97. The van der Waals surface area contributed by atoms with Crippen molar-refractivity contribution in [3.63, 3.8) is 0 Å². The lowest BCUT2D eigenvalue weighted by Gasteiger charge is -2.28. The van der Waals surface area contributed by atoms with Crippen LogP contribution in [0, 0.1) is 5.41 Å². The second kappa shape index (κ2) is 5.69. The van der Waals surface area contributed by atoms with Gasteiger partial charge in [-0.1, -0.05) is 20.8 Å². The highest BCUT2D eigenvalue weighted by atomic mass is 16.4. The van der Waals surface area contributed by atoms with E-state index in [0.717, 1.165) is 0 Å². The van der Waals surface area contributed by atoms with Crippen LogP contribution in [-0.4, -0.2) is 40.9 Å². The molecule has 0 aromatic heterocycles. The molecule has 6 heteroatoms. The Labute approximate surface area is 95.0 Å². The van der Waals surface area contributed by atoms with E-state index in [2.05, 4.69) is 10.6 Å². The van der Waals surface area contributed by atoms with E-state index < -0.39 is 18.1 Å². The standard InChI is InChI=1S/C10H20N2O4/c1-6(10(2,3)4)12-9(16)11-5-7(13)8(14)15/h6-7,13H,5H2,1-4H3,(H,14,15)(H2,11,12,16). The van der Waals surface area contributed by atoms with Crippen LogP contribution in [0.15, 0.2) is 0 Å². The third-order valence-electron chi connectivity index (χ3n) is 2.39. The quantitative estimate of drug-likeness (QED) is 0.555. The third kappa shape index (κ3) is 5.55. The fourth-order valence-electron chi connectivity index (χ4n) is 0.741. The van der Waals surface area contributed by atoms with Crippen molar-refractivity contribution < 1.29 is 19.8 Å². The van der Waals surface area contributed by atoms with Gasteiger partial charge in [0.2, 0.25) is 0 Å². The van der Waals surface area contributed by atoms with Crippen LogP contribution in [0.2, 0.25) is 0 Å². The summed E-state index contributed by atoms with van der Waals surface area (Å²) < 4.78 is 0. The molecule has 0 radical (unpaired) electrons. The maximum Gasteiger partial charge on any atom is 0.334 e. The highest BCUT2D eigenvalue weighted by Gasteiger charge is 2.22. The molecule has 2 unspecified atom stereocenters. The van der Waals surface area contributed by atoms with Gasteiger partial charge in [-0.05, 0) is 12.3 Å². The highest BCUT2D eigenvalue weighted by molar-refractivity contribution is 5.76. The summed E-state index contributed by atoms with van der Waals surface area (Å²) in [5.74, 6) is -1.36. The zero-order valence-corrected chi connectivity index (χ0v) is 10.1. The summed E-state index contributed by atoms with van der Waals surface area (Å²) in [7, 11) is 0. The Morgan fingerprint density at radius 1 is 1.31 bits per heavy atom. The van der Waals surface area contributed by atoms with Crippen LogP contribution in [0.4, 0.5) is 4.79 Å². The predicted octanol–water partition coefficient (Wildman–Crippen LogP) is 0.166. The first-order valence-corrected chi connectivity index (χ1v) is 5.10. The van der Waals surface area contributed by atoms with Crippen molar-refractivity contribution in [1.82, 2.24) is 10.6 Å². The molecule has 0 aliphatic rings. The lowest BCUT2D eigenvalue weighted by molar-refractivity contribution is -0.146. The van der Waals surface area contributed by atoms with Crippen molar-refractivity contribution in [1.29, 1.82) is 0 Å². The Morgan fingerprint density at radius 2 is 1.81 bits per heavy atom. The minimum Gasteiger partial charge on any atom is -0.479 e. The molecule has 2 amide bonds. The topological polar surface area (TPSA) is 98.7 Å². The molecule has 2 atom stereocenters. The van der Waals surface area contributed by atoms with Gasteiger partial charge < -0.3 is 20.8 Å². The second-order valence-electron chi connectivity index (χ2n) is 4.80. The van der Waals surface area contributed by atoms with Crippen LogP contribution in [0.1, 0.15) is 27.7 Å². The lowest BCUT2D eigenvalue weighted by atomic mass is 9.88. The van der Waals surface area contributed by atoms with Crippen molar-refractivity contribution in [3.05, 3.63) is 0 Å². The minimum absolute atomic E-state index is 0.0607. The van der Waals surface area contributed by atoms with Crippen molar-refractivity contribution in [2.75, 3.05) is 6.54 Å². The van der Waals surface area contributed by atoms with Gasteiger partial charge in [-0.2, -0.15) is 0 Å². The molecule has 0 rings (SSSR count). The first-order chi connectivity index (χ1) is 7.14. The van der Waals surface area contributed by atoms with Crippen molar-refractivity contribution >= 4 is 12.0 Å². The largest absolute Gasteiger partial charge is 0.479 e. The smallest absolute Gasteiger partial charge is 0.334 e. The van der Waals surface area contributed by atoms with E-state index >= 15 is 0 Å². The average Bonchev–Trinajstić information content (AvgIpc) is 2.12. The second-order valence-corrected chi connectivity index (χ2v) is 4.80. The summed E-state index contributed by atoms with van der Waals surface area (Å²) in [6.45, 7) is 7.48. The van der Waals surface area contributed by atoms with Crippen molar-refractivity contribution in [3.8, 4) is 0 Å². The highest BCUT2D eigenvalue weighted by Crippen LogP contribution is 2.18. The molecule has 0 heterocycles. The summed E-state index contributed by atoms with van der Waals surface area (Å²) in [5.41, 5.74) is -0.0806. The predicted molar refractivity (Wildman–Crippen MR) is 59.1 cm³/mol. The van der Waals surface area contributed by atoms with E-state index in [1.54, 1.807) is 0 Å². The molecule has 0 aliphatic heterocycles. The van der Waals surface area contributed by atoms with Crippen molar-refractivity contribution in [2.45, 2.75) is 39.8 Å². The summed E-state index contributed by atoms with van der Waals surface area (Å²) in [6, 6.07) is -0.544. The summed E-state index contributed by atoms with van der Waals surface area (Å²) in [6.07, 6.45) is -1.57. The van der Waals surface area contributed by atoms with Crippen LogP contribution in [0.25, 0.3) is 0 Å². The molecule has 0 saturated heterocycles. The molecule has 0 saturated carbocycles. The Kier molecular flexibility index (Phi) is 5.23. The van der Waals surface area contributed by atoms with Crippen LogP contribution in [0.3, 0.4) is 0 Å². The molecule has 0 aromatic rings. The van der Waals surface area contributed by atoms with Gasteiger partial charge >= 0.3 is 12.0 Å². The number of carbonyl (C=O) groups excluding carboxylic acids is 1. The number of nitrogens with one attached hydrogen (secondary N) is 2. The van der Waals surface area contributed by atoms with Gasteiger partial charge in [-0.3, -0.25) is 0 Å². The number of hydrogen-bond donors (Lipinski definition) is 4. The molecule has 16 heavy (non-hydrogen) atoms. The van der Waals surface area contributed by atoms with E-state index in [1.165, 1.54) is 0 Å². The summed E-state index contributed by atoms with van der Waals surface area (Å²) >= 11 is 0. The maximum atomic E-state index is 11.3. The zero-order chi connectivity index (χ0) is 12.9. The van der Waals surface area contributed by atoms with Crippen LogP contribution >= 0.6 is 0 Å². The SMILES string of the molecule is CC(NC(=O)NCC(O)C(=O)O)C(C)(C)C. The van der Waals surface area contributed by atoms with Crippen LogP contribution in [-0.2, 0) is 4.79 Å². The fourth-order valence-corrected chi connectivity index (χ4v) is 0.741. The third-order valence-corrected chi connectivity index (χ3v) is 2.39. The monoisotopic (exact) mass is 232 g/mol. The molecule has 0 fully saturated rings. The number of carbonyl (C=O) groups is 2. The Morgan fingerprint density at radius 3 is 2.19 bits per heavy atom. The first-order valence-electron chi connectivity index (χ1n) is 5.10.